The minimum Gasteiger partial charge on any atom is -0.126 e. The average Bonchev–Trinajstić information content (AvgIpc) is 2.09. The Morgan fingerprint density at radius 2 is 1.92 bits per heavy atom. The lowest BCUT2D eigenvalue weighted by Crippen LogP contribution is -2.00. The van der Waals surface area contributed by atoms with E-state index in [4.69, 9.17) is 11.6 Å². The molecule has 1 atom stereocenters. The van der Waals surface area contributed by atoms with Crippen LogP contribution >= 0.6 is 34.2 Å². The first-order chi connectivity index (χ1) is 5.72. The monoisotopic (exact) mass is 294 g/mol. The van der Waals surface area contributed by atoms with Crippen molar-refractivity contribution in [2.45, 2.75) is 13.3 Å². The maximum absolute atomic E-state index is 5.73. The van der Waals surface area contributed by atoms with E-state index < -0.39 is 0 Å². The molecule has 1 rings (SSSR count). The van der Waals surface area contributed by atoms with Gasteiger partial charge in [-0.05, 0) is 52.6 Å². The van der Waals surface area contributed by atoms with Crippen LogP contribution in [0.25, 0.3) is 0 Å². The van der Waals surface area contributed by atoms with E-state index in [9.17, 15) is 0 Å². The molecule has 0 fully saturated rings. The predicted octanol–water partition coefficient (Wildman–Crippen LogP) is 3.71. The van der Waals surface area contributed by atoms with Crippen LogP contribution in [-0.4, -0.2) is 5.88 Å². The number of alkyl halides is 1. The third kappa shape index (κ3) is 3.31. The highest BCUT2D eigenvalue weighted by molar-refractivity contribution is 14.1. The van der Waals surface area contributed by atoms with Gasteiger partial charge in [0.25, 0.3) is 0 Å². The highest BCUT2D eigenvalue weighted by Crippen LogP contribution is 2.12. The van der Waals surface area contributed by atoms with E-state index in [2.05, 4.69) is 53.8 Å². The molecule has 1 unspecified atom stereocenters. The predicted molar refractivity (Wildman–Crippen MR) is 62.7 cm³/mol. The smallest absolute Gasteiger partial charge is 0.0252 e. The van der Waals surface area contributed by atoms with E-state index in [0.29, 0.717) is 5.92 Å². The Labute approximate surface area is 92.5 Å². The van der Waals surface area contributed by atoms with Crippen LogP contribution < -0.4 is 0 Å². The van der Waals surface area contributed by atoms with Gasteiger partial charge >= 0.3 is 0 Å². The van der Waals surface area contributed by atoms with Crippen LogP contribution in [0, 0.1) is 9.49 Å². The first-order valence-electron chi connectivity index (χ1n) is 4.03. The second kappa shape index (κ2) is 5.07. The summed E-state index contributed by atoms with van der Waals surface area (Å²) in [5, 5.41) is 0. The summed E-state index contributed by atoms with van der Waals surface area (Å²) in [6, 6.07) is 8.61. The van der Waals surface area contributed by atoms with Gasteiger partial charge in [0.2, 0.25) is 0 Å². The Bertz CT molecular complexity index is 230. The standard InChI is InChI=1S/C10H12ClI/c1-8(7-11)6-9-2-4-10(12)5-3-9/h2-5,8H,6-7H2,1H3. The van der Waals surface area contributed by atoms with Crippen molar-refractivity contribution in [2.24, 2.45) is 5.92 Å². The van der Waals surface area contributed by atoms with Crippen LogP contribution in [0.4, 0.5) is 0 Å². The van der Waals surface area contributed by atoms with Crippen LogP contribution in [0.5, 0.6) is 0 Å². The number of hydrogen-bond donors (Lipinski definition) is 0. The molecule has 0 aliphatic rings. The van der Waals surface area contributed by atoms with Crippen LogP contribution in [-0.2, 0) is 6.42 Å². The number of hydrogen-bond acceptors (Lipinski definition) is 0. The van der Waals surface area contributed by atoms with Crippen molar-refractivity contribution in [3.63, 3.8) is 0 Å². The van der Waals surface area contributed by atoms with Crippen molar-refractivity contribution in [1.29, 1.82) is 0 Å². The van der Waals surface area contributed by atoms with E-state index in [1.54, 1.807) is 0 Å². The molecule has 0 aromatic heterocycles. The topological polar surface area (TPSA) is 0 Å². The first kappa shape index (κ1) is 10.3. The van der Waals surface area contributed by atoms with Crippen LogP contribution in [0.15, 0.2) is 24.3 Å². The van der Waals surface area contributed by atoms with Gasteiger partial charge in [0, 0.05) is 9.45 Å². The molecule has 0 radical (unpaired) electrons. The summed E-state index contributed by atoms with van der Waals surface area (Å²) < 4.78 is 1.29. The molecule has 0 amide bonds. The SMILES string of the molecule is CC(CCl)Cc1ccc(I)cc1. The summed E-state index contributed by atoms with van der Waals surface area (Å²) in [5.74, 6) is 1.32. The summed E-state index contributed by atoms with van der Waals surface area (Å²) in [4.78, 5) is 0. The fraction of sp³-hybridized carbons (Fsp3) is 0.400. The molecule has 0 saturated carbocycles. The molecule has 66 valence electrons. The lowest BCUT2D eigenvalue weighted by Gasteiger charge is -2.06. The van der Waals surface area contributed by atoms with Crippen LogP contribution in [0.2, 0.25) is 0 Å². The molecule has 0 saturated heterocycles. The minimum atomic E-state index is 0.576. The Morgan fingerprint density at radius 3 is 2.42 bits per heavy atom. The minimum absolute atomic E-state index is 0.576. The maximum Gasteiger partial charge on any atom is 0.0252 e. The van der Waals surface area contributed by atoms with E-state index in [0.717, 1.165) is 12.3 Å². The van der Waals surface area contributed by atoms with Gasteiger partial charge in [-0.15, -0.1) is 11.6 Å². The fourth-order valence-corrected chi connectivity index (χ4v) is 1.55. The lowest BCUT2D eigenvalue weighted by molar-refractivity contribution is 0.654. The molecule has 0 bridgehead atoms. The first-order valence-corrected chi connectivity index (χ1v) is 5.64. The molecular formula is C10H12ClI. The second-order valence-corrected chi connectivity index (χ2v) is 4.64. The normalized spacial score (nSPS) is 12.9. The van der Waals surface area contributed by atoms with Crippen molar-refractivity contribution in [2.75, 3.05) is 5.88 Å². The van der Waals surface area contributed by atoms with Gasteiger partial charge in [-0.25, -0.2) is 0 Å². The van der Waals surface area contributed by atoms with E-state index in [1.165, 1.54) is 9.13 Å². The van der Waals surface area contributed by atoms with Crippen molar-refractivity contribution in [3.05, 3.63) is 33.4 Å². The summed E-state index contributed by atoms with van der Waals surface area (Å²) in [5.41, 5.74) is 1.38. The molecule has 12 heavy (non-hydrogen) atoms. The zero-order chi connectivity index (χ0) is 8.97. The molecule has 0 nitrogen and oxygen atoms in total. The zero-order valence-electron chi connectivity index (χ0n) is 7.06. The molecule has 0 aliphatic heterocycles. The Morgan fingerprint density at radius 1 is 1.33 bits per heavy atom. The van der Waals surface area contributed by atoms with E-state index >= 15 is 0 Å². The largest absolute Gasteiger partial charge is 0.126 e. The number of benzene rings is 1. The van der Waals surface area contributed by atoms with E-state index in [1.807, 2.05) is 0 Å². The fourth-order valence-electron chi connectivity index (χ4n) is 1.08. The summed E-state index contributed by atoms with van der Waals surface area (Å²) in [6.45, 7) is 2.17. The molecule has 0 spiro atoms. The summed E-state index contributed by atoms with van der Waals surface area (Å²) >= 11 is 8.05. The van der Waals surface area contributed by atoms with Gasteiger partial charge in [-0.1, -0.05) is 19.1 Å². The third-order valence-electron chi connectivity index (χ3n) is 1.76. The third-order valence-corrected chi connectivity index (χ3v) is 3.01. The molecule has 0 heterocycles. The molecule has 0 N–H and O–H groups in total. The highest BCUT2D eigenvalue weighted by Gasteiger charge is 2.00. The van der Waals surface area contributed by atoms with Crippen molar-refractivity contribution in [1.82, 2.24) is 0 Å². The highest BCUT2D eigenvalue weighted by atomic mass is 127. The van der Waals surface area contributed by atoms with Crippen LogP contribution in [0.3, 0.4) is 0 Å². The lowest BCUT2D eigenvalue weighted by atomic mass is 10.0. The van der Waals surface area contributed by atoms with Crippen molar-refractivity contribution >= 4 is 34.2 Å². The average molecular weight is 295 g/mol. The molecule has 2 heteroatoms. The second-order valence-electron chi connectivity index (χ2n) is 3.09. The van der Waals surface area contributed by atoms with Gasteiger partial charge < -0.3 is 0 Å². The van der Waals surface area contributed by atoms with Crippen molar-refractivity contribution < 1.29 is 0 Å². The molecular weight excluding hydrogens is 282 g/mol. The molecule has 0 aliphatic carbocycles. The van der Waals surface area contributed by atoms with Gasteiger partial charge in [-0.2, -0.15) is 0 Å². The quantitative estimate of drug-likeness (QED) is 0.589. The molecule has 1 aromatic carbocycles. The van der Waals surface area contributed by atoms with Gasteiger partial charge in [0.15, 0.2) is 0 Å². The van der Waals surface area contributed by atoms with Crippen LogP contribution in [0.1, 0.15) is 12.5 Å². The maximum atomic E-state index is 5.73. The Kier molecular flexibility index (Phi) is 4.36. The van der Waals surface area contributed by atoms with Gasteiger partial charge in [0.05, 0.1) is 0 Å². The number of halogens is 2. The number of rotatable bonds is 3. The Hall–Kier alpha value is 0.240. The molecule has 1 aromatic rings. The van der Waals surface area contributed by atoms with Crippen molar-refractivity contribution in [3.8, 4) is 0 Å². The summed E-state index contributed by atoms with van der Waals surface area (Å²) in [7, 11) is 0. The Balaban J connectivity index is 2.58. The van der Waals surface area contributed by atoms with Gasteiger partial charge in [0.1, 0.15) is 0 Å². The van der Waals surface area contributed by atoms with Gasteiger partial charge in [-0.3, -0.25) is 0 Å². The summed E-state index contributed by atoms with van der Waals surface area (Å²) in [6.07, 6.45) is 1.08. The van der Waals surface area contributed by atoms with E-state index in [-0.39, 0.29) is 0 Å². The zero-order valence-corrected chi connectivity index (χ0v) is 9.97.